The first-order chi connectivity index (χ1) is 15.0. The first-order valence-corrected chi connectivity index (χ1v) is 11.5. The number of aryl methyl sites for hydroxylation is 1. The van der Waals surface area contributed by atoms with Gasteiger partial charge < -0.3 is 20.6 Å². The Morgan fingerprint density at radius 1 is 1.31 bits per heavy atom. The number of thiazole rings is 1. The average Bonchev–Trinajstić information content (AvgIpc) is 3.29. The predicted octanol–water partition coefficient (Wildman–Crippen LogP) is 2.28. The van der Waals surface area contributed by atoms with Gasteiger partial charge in [-0.1, -0.05) is 45.0 Å². The van der Waals surface area contributed by atoms with Gasteiger partial charge in [-0.25, -0.2) is 9.37 Å². The predicted molar refractivity (Wildman–Crippen MR) is 123 cm³/mol. The lowest BCUT2D eigenvalue weighted by Gasteiger charge is -2.34. The Kier molecular flexibility index (Phi) is 7.32. The molecule has 1 aromatic carbocycles. The zero-order valence-electron chi connectivity index (χ0n) is 19.1. The molecule has 1 aromatic heterocycles. The number of alkyl halides is 1. The van der Waals surface area contributed by atoms with Crippen LogP contribution in [0.4, 0.5) is 4.39 Å². The molecule has 174 valence electrons. The largest absolute Gasteiger partial charge is 0.388 e. The van der Waals surface area contributed by atoms with Crippen molar-refractivity contribution >= 4 is 23.2 Å². The maximum atomic E-state index is 14.8. The van der Waals surface area contributed by atoms with Gasteiger partial charge in [0.1, 0.15) is 12.1 Å². The van der Waals surface area contributed by atoms with E-state index in [0.717, 1.165) is 26.6 Å². The van der Waals surface area contributed by atoms with Gasteiger partial charge >= 0.3 is 0 Å². The normalized spacial score (nSPS) is 22.1. The third kappa shape index (κ3) is 5.00. The lowest BCUT2D eigenvalue weighted by Crippen LogP contribution is -2.57. The second-order valence-corrected chi connectivity index (χ2v) is 10.1. The van der Waals surface area contributed by atoms with Crippen LogP contribution in [0.5, 0.6) is 0 Å². The van der Waals surface area contributed by atoms with Gasteiger partial charge in [-0.2, -0.15) is 0 Å². The highest BCUT2D eigenvalue weighted by atomic mass is 32.1. The van der Waals surface area contributed by atoms with E-state index in [-0.39, 0.29) is 13.1 Å². The molecular weight excluding hydrogens is 431 g/mol. The van der Waals surface area contributed by atoms with Crippen molar-refractivity contribution in [2.24, 2.45) is 5.41 Å². The number of likely N-dealkylation sites (tertiary alicyclic amines) is 1. The Balaban J connectivity index is 1.69. The third-order valence-electron chi connectivity index (χ3n) is 5.77. The Bertz CT molecular complexity index is 957. The van der Waals surface area contributed by atoms with E-state index >= 15 is 0 Å². The molecule has 4 atom stereocenters. The summed E-state index contributed by atoms with van der Waals surface area (Å²) in [6.07, 6.45) is -3.23. The SMILES string of the molecule is CN[C@H](C(=O)N1C[C@H](O)[C@H](F)[C@H]1C(=O)NCc1ccc(-c2scnc2C)cc1)C(C)(C)C. The minimum Gasteiger partial charge on any atom is -0.388 e. The van der Waals surface area contributed by atoms with Crippen LogP contribution in [0.3, 0.4) is 0 Å². The number of likely N-dealkylation sites (N-methyl/N-ethyl adjacent to an activating group) is 1. The molecule has 7 nitrogen and oxygen atoms in total. The number of β-amino-alcohol motifs (C(OH)–C–C–N with tert-alkyl or cyclic N) is 1. The second kappa shape index (κ2) is 9.64. The summed E-state index contributed by atoms with van der Waals surface area (Å²) in [4.78, 5) is 32.5. The molecule has 3 N–H and O–H groups in total. The Morgan fingerprint density at radius 3 is 2.50 bits per heavy atom. The standard InChI is InChI=1S/C23H31FN4O3S/c1-13-19(32-12-27-13)15-8-6-14(7-9-15)10-26-21(30)18-17(24)16(29)11-28(18)22(31)20(25-5)23(2,3)4/h6-9,12,16-18,20,25,29H,10-11H2,1-5H3,(H,26,30)/t16-,17-,18-,20+/m0/s1. The molecule has 0 unspecified atom stereocenters. The number of amides is 2. The number of halogens is 1. The van der Waals surface area contributed by atoms with E-state index in [0.29, 0.717) is 0 Å². The summed E-state index contributed by atoms with van der Waals surface area (Å²) in [6, 6.07) is 5.72. The summed E-state index contributed by atoms with van der Waals surface area (Å²) in [6.45, 7) is 7.59. The number of hydrogen-bond donors (Lipinski definition) is 3. The van der Waals surface area contributed by atoms with Crippen LogP contribution in [0.1, 0.15) is 32.0 Å². The first-order valence-electron chi connectivity index (χ1n) is 10.6. The molecule has 1 aliphatic heterocycles. The summed E-state index contributed by atoms with van der Waals surface area (Å²) in [5.74, 6) is -1.02. The van der Waals surface area contributed by atoms with Crippen LogP contribution in [0, 0.1) is 12.3 Å². The minimum atomic E-state index is -1.84. The molecular formula is C23H31FN4O3S. The number of carbonyl (C=O) groups excluding carboxylic acids is 2. The average molecular weight is 463 g/mol. The second-order valence-electron chi connectivity index (χ2n) is 9.22. The number of aliphatic hydroxyl groups excluding tert-OH is 1. The third-order valence-corrected chi connectivity index (χ3v) is 6.75. The number of benzene rings is 1. The molecule has 1 aliphatic rings. The van der Waals surface area contributed by atoms with Crippen LogP contribution in [-0.4, -0.2) is 64.8 Å². The highest BCUT2D eigenvalue weighted by Crippen LogP contribution is 2.29. The van der Waals surface area contributed by atoms with E-state index < -0.39 is 41.6 Å². The van der Waals surface area contributed by atoms with Crippen molar-refractivity contribution in [2.75, 3.05) is 13.6 Å². The van der Waals surface area contributed by atoms with Gasteiger partial charge in [0.05, 0.1) is 28.7 Å². The smallest absolute Gasteiger partial charge is 0.246 e. The van der Waals surface area contributed by atoms with E-state index in [4.69, 9.17) is 0 Å². The molecule has 3 rings (SSSR count). The fourth-order valence-electron chi connectivity index (χ4n) is 4.05. The molecule has 0 aliphatic carbocycles. The monoisotopic (exact) mass is 462 g/mol. The van der Waals surface area contributed by atoms with Crippen molar-refractivity contribution in [1.29, 1.82) is 0 Å². The maximum absolute atomic E-state index is 14.8. The fraction of sp³-hybridized carbons (Fsp3) is 0.522. The Morgan fingerprint density at radius 2 is 1.97 bits per heavy atom. The van der Waals surface area contributed by atoms with Gasteiger partial charge in [0, 0.05) is 6.54 Å². The minimum absolute atomic E-state index is 0.191. The molecule has 0 saturated carbocycles. The molecule has 9 heteroatoms. The Labute approximate surface area is 192 Å². The van der Waals surface area contributed by atoms with E-state index in [1.807, 2.05) is 52.0 Å². The summed E-state index contributed by atoms with van der Waals surface area (Å²) < 4.78 is 14.8. The molecule has 1 fully saturated rings. The zero-order valence-corrected chi connectivity index (χ0v) is 19.9. The summed E-state index contributed by atoms with van der Waals surface area (Å²) in [7, 11) is 1.65. The number of aromatic nitrogens is 1. The van der Waals surface area contributed by atoms with Crippen LogP contribution in [-0.2, 0) is 16.1 Å². The number of aliphatic hydroxyl groups is 1. The molecule has 2 aromatic rings. The van der Waals surface area contributed by atoms with Crippen molar-refractivity contribution in [3.8, 4) is 10.4 Å². The van der Waals surface area contributed by atoms with Gasteiger partial charge in [-0.05, 0) is 30.5 Å². The quantitative estimate of drug-likeness (QED) is 0.612. The molecule has 0 radical (unpaired) electrons. The van der Waals surface area contributed by atoms with Crippen LogP contribution in [0.25, 0.3) is 10.4 Å². The van der Waals surface area contributed by atoms with Crippen LogP contribution in [0.2, 0.25) is 0 Å². The van der Waals surface area contributed by atoms with Crippen molar-refractivity contribution in [2.45, 2.75) is 58.6 Å². The maximum Gasteiger partial charge on any atom is 0.246 e. The lowest BCUT2D eigenvalue weighted by atomic mass is 9.86. The molecule has 0 spiro atoms. The summed E-state index contributed by atoms with van der Waals surface area (Å²) >= 11 is 1.56. The van der Waals surface area contributed by atoms with E-state index in [1.165, 1.54) is 0 Å². The van der Waals surface area contributed by atoms with Gasteiger partial charge in [0.2, 0.25) is 11.8 Å². The fourth-order valence-corrected chi connectivity index (χ4v) is 4.86. The number of nitrogens with one attached hydrogen (secondary N) is 2. The molecule has 2 heterocycles. The molecule has 2 amide bonds. The van der Waals surface area contributed by atoms with E-state index in [9.17, 15) is 19.1 Å². The van der Waals surface area contributed by atoms with Crippen molar-refractivity contribution in [1.82, 2.24) is 20.5 Å². The summed E-state index contributed by atoms with van der Waals surface area (Å²) in [5, 5.41) is 15.7. The van der Waals surface area contributed by atoms with Crippen molar-refractivity contribution in [3.63, 3.8) is 0 Å². The highest BCUT2D eigenvalue weighted by Gasteiger charge is 2.50. The van der Waals surface area contributed by atoms with Crippen LogP contribution < -0.4 is 10.6 Å². The Hall–Kier alpha value is -2.36. The number of rotatable bonds is 6. The highest BCUT2D eigenvalue weighted by molar-refractivity contribution is 7.13. The molecule has 0 bridgehead atoms. The van der Waals surface area contributed by atoms with Crippen molar-refractivity contribution in [3.05, 3.63) is 41.0 Å². The number of hydrogen-bond acceptors (Lipinski definition) is 6. The topological polar surface area (TPSA) is 94.6 Å². The van der Waals surface area contributed by atoms with Gasteiger partial charge in [0.25, 0.3) is 0 Å². The first kappa shape index (κ1) is 24.3. The van der Waals surface area contributed by atoms with E-state index in [1.54, 1.807) is 23.9 Å². The number of nitrogens with zero attached hydrogens (tertiary/aromatic N) is 2. The van der Waals surface area contributed by atoms with Crippen LogP contribution in [0.15, 0.2) is 29.8 Å². The molecule has 32 heavy (non-hydrogen) atoms. The van der Waals surface area contributed by atoms with Gasteiger partial charge in [0.15, 0.2) is 6.17 Å². The summed E-state index contributed by atoms with van der Waals surface area (Å²) in [5.41, 5.74) is 4.21. The van der Waals surface area contributed by atoms with Gasteiger partial charge in [-0.3, -0.25) is 9.59 Å². The van der Waals surface area contributed by atoms with Crippen molar-refractivity contribution < 1.29 is 19.1 Å². The molecule has 1 saturated heterocycles. The van der Waals surface area contributed by atoms with E-state index in [2.05, 4.69) is 15.6 Å². The van der Waals surface area contributed by atoms with Gasteiger partial charge in [-0.15, -0.1) is 11.3 Å². The zero-order chi connectivity index (χ0) is 23.6. The van der Waals surface area contributed by atoms with Crippen LogP contribution >= 0.6 is 11.3 Å². The lowest BCUT2D eigenvalue weighted by molar-refractivity contribution is -0.143. The number of carbonyl (C=O) groups is 2.